The third-order valence-electron chi connectivity index (χ3n) is 2.67. The number of halogens is 3. The van der Waals surface area contributed by atoms with E-state index < -0.39 is 12.1 Å². The fourth-order valence-electron chi connectivity index (χ4n) is 1.98. The minimum atomic E-state index is -3.97. The molecule has 1 atom stereocenters. The van der Waals surface area contributed by atoms with Crippen LogP contribution in [0.25, 0.3) is 0 Å². The number of hydrogen-bond acceptors (Lipinski definition) is 0. The van der Waals surface area contributed by atoms with E-state index in [1.807, 2.05) is 13.8 Å². The molecule has 1 rings (SSSR count). The first-order chi connectivity index (χ1) is 5.31. The lowest BCUT2D eigenvalue weighted by Gasteiger charge is -2.35. The molecule has 3 heteroatoms. The Hall–Kier alpha value is -0.210. The van der Waals surface area contributed by atoms with Gasteiger partial charge < -0.3 is 0 Å². The zero-order valence-corrected chi connectivity index (χ0v) is 7.54. The molecule has 0 heterocycles. The highest BCUT2D eigenvalue weighted by Gasteiger charge is 2.44. The second kappa shape index (κ2) is 2.93. The molecule has 0 aromatic carbocycles. The molecule has 1 fully saturated rings. The summed E-state index contributed by atoms with van der Waals surface area (Å²) in [4.78, 5) is 0. The Balaban J connectivity index is 2.58. The predicted octanol–water partition coefficient (Wildman–Crippen LogP) is 3.77. The summed E-state index contributed by atoms with van der Waals surface area (Å²) in [5.74, 6) is -1.05. The van der Waals surface area contributed by atoms with Crippen LogP contribution in [-0.2, 0) is 0 Å². The third kappa shape index (κ3) is 2.39. The zero-order valence-electron chi connectivity index (χ0n) is 7.54. The number of rotatable bonds is 0. The van der Waals surface area contributed by atoms with E-state index in [0.29, 0.717) is 12.8 Å². The highest BCUT2D eigenvalue weighted by Crippen LogP contribution is 2.45. The van der Waals surface area contributed by atoms with Crippen LogP contribution in [-0.4, -0.2) is 6.18 Å². The smallest absolute Gasteiger partial charge is 0.171 e. The molecule has 0 unspecified atom stereocenters. The van der Waals surface area contributed by atoms with E-state index in [0.717, 1.165) is 12.8 Å². The Labute approximate surface area is 71.1 Å². The molecule has 0 aliphatic heterocycles. The summed E-state index contributed by atoms with van der Waals surface area (Å²) in [6.45, 7) is 3.84. The summed E-state index contributed by atoms with van der Waals surface area (Å²) in [6.07, 6.45) is -1.70. The van der Waals surface area contributed by atoms with E-state index in [-0.39, 0.29) is 5.41 Å². The number of alkyl halides is 3. The summed E-state index contributed by atoms with van der Waals surface area (Å²) in [7, 11) is 0. The molecule has 0 radical (unpaired) electrons. The molecule has 1 aliphatic carbocycles. The quantitative estimate of drug-likeness (QED) is 0.532. The van der Waals surface area contributed by atoms with Gasteiger partial charge in [-0.05, 0) is 24.7 Å². The maximum Gasteiger partial charge on any atom is 0.391 e. The lowest BCUT2D eigenvalue weighted by molar-refractivity contribution is -0.190. The van der Waals surface area contributed by atoms with Crippen LogP contribution in [0.5, 0.6) is 0 Å². The van der Waals surface area contributed by atoms with E-state index in [1.54, 1.807) is 0 Å². The Morgan fingerprint density at radius 1 is 1.25 bits per heavy atom. The molecule has 0 aromatic heterocycles. The van der Waals surface area contributed by atoms with Gasteiger partial charge in [0.1, 0.15) is 0 Å². The average molecular weight is 180 g/mol. The Bertz CT molecular complexity index is 154. The van der Waals surface area contributed by atoms with E-state index >= 15 is 0 Å². The summed E-state index contributed by atoms with van der Waals surface area (Å²) >= 11 is 0. The summed E-state index contributed by atoms with van der Waals surface area (Å²) < 4.78 is 36.9. The van der Waals surface area contributed by atoms with E-state index in [2.05, 4.69) is 0 Å². The van der Waals surface area contributed by atoms with Crippen molar-refractivity contribution in [1.82, 2.24) is 0 Å². The van der Waals surface area contributed by atoms with Crippen LogP contribution >= 0.6 is 0 Å². The molecule has 0 saturated heterocycles. The van der Waals surface area contributed by atoms with Crippen molar-refractivity contribution in [3.05, 3.63) is 0 Å². The Morgan fingerprint density at radius 3 is 2.17 bits per heavy atom. The fourth-order valence-corrected chi connectivity index (χ4v) is 1.98. The van der Waals surface area contributed by atoms with Gasteiger partial charge in [0.15, 0.2) is 0 Å². The molecule has 0 spiro atoms. The molecule has 1 aliphatic rings. The minimum Gasteiger partial charge on any atom is -0.171 e. The first kappa shape index (κ1) is 9.87. The first-order valence-corrected chi connectivity index (χ1v) is 4.38. The second-order valence-corrected chi connectivity index (χ2v) is 4.50. The van der Waals surface area contributed by atoms with Crippen LogP contribution in [0.4, 0.5) is 13.2 Å². The van der Waals surface area contributed by atoms with Crippen molar-refractivity contribution >= 4 is 0 Å². The SMILES string of the molecule is CC1(C)CCC[C@H](C(F)(F)F)C1. The maximum absolute atomic E-state index is 12.3. The molecule has 1 saturated carbocycles. The summed E-state index contributed by atoms with van der Waals surface area (Å²) in [5, 5.41) is 0. The molecule has 0 nitrogen and oxygen atoms in total. The predicted molar refractivity (Wildman–Crippen MR) is 41.8 cm³/mol. The monoisotopic (exact) mass is 180 g/mol. The van der Waals surface area contributed by atoms with Crippen molar-refractivity contribution in [3.8, 4) is 0 Å². The van der Waals surface area contributed by atoms with Crippen molar-refractivity contribution in [2.24, 2.45) is 11.3 Å². The summed E-state index contributed by atoms with van der Waals surface area (Å²) in [5.41, 5.74) is -0.113. The zero-order chi connectivity index (χ0) is 9.41. The highest BCUT2D eigenvalue weighted by atomic mass is 19.4. The van der Waals surface area contributed by atoms with Crippen LogP contribution in [0.2, 0.25) is 0 Å². The van der Waals surface area contributed by atoms with Gasteiger partial charge >= 0.3 is 6.18 Å². The van der Waals surface area contributed by atoms with E-state index in [9.17, 15) is 13.2 Å². The minimum absolute atomic E-state index is 0.113. The third-order valence-corrected chi connectivity index (χ3v) is 2.67. The van der Waals surface area contributed by atoms with Crippen LogP contribution < -0.4 is 0 Å². The molecule has 12 heavy (non-hydrogen) atoms. The second-order valence-electron chi connectivity index (χ2n) is 4.50. The molecule has 0 aromatic rings. The lowest BCUT2D eigenvalue weighted by atomic mass is 9.72. The van der Waals surface area contributed by atoms with Crippen molar-refractivity contribution in [2.45, 2.75) is 45.7 Å². The van der Waals surface area contributed by atoms with Gasteiger partial charge in [-0.1, -0.05) is 20.3 Å². The molecule has 0 N–H and O–H groups in total. The van der Waals surface area contributed by atoms with Crippen LogP contribution in [0, 0.1) is 11.3 Å². The molecular formula is C9H15F3. The largest absolute Gasteiger partial charge is 0.391 e. The summed E-state index contributed by atoms with van der Waals surface area (Å²) in [6, 6.07) is 0. The van der Waals surface area contributed by atoms with Crippen molar-refractivity contribution in [1.29, 1.82) is 0 Å². The molecular weight excluding hydrogens is 165 g/mol. The van der Waals surface area contributed by atoms with Gasteiger partial charge in [0.2, 0.25) is 0 Å². The van der Waals surface area contributed by atoms with Crippen LogP contribution in [0.3, 0.4) is 0 Å². The first-order valence-electron chi connectivity index (χ1n) is 4.38. The average Bonchev–Trinajstić information content (AvgIpc) is 1.83. The molecule has 0 amide bonds. The Kier molecular flexibility index (Phi) is 2.41. The van der Waals surface area contributed by atoms with E-state index in [1.165, 1.54) is 0 Å². The maximum atomic E-state index is 12.3. The standard InChI is InChI=1S/C9H15F3/c1-8(2)5-3-4-7(6-8)9(10,11)12/h7H,3-6H2,1-2H3/t7-/m0/s1. The van der Waals surface area contributed by atoms with Crippen LogP contribution in [0.15, 0.2) is 0 Å². The Morgan fingerprint density at radius 2 is 1.83 bits per heavy atom. The van der Waals surface area contributed by atoms with Gasteiger partial charge in [0.05, 0.1) is 5.92 Å². The lowest BCUT2D eigenvalue weighted by Crippen LogP contribution is -2.32. The molecule has 0 bridgehead atoms. The van der Waals surface area contributed by atoms with Gasteiger partial charge in [-0.25, -0.2) is 0 Å². The van der Waals surface area contributed by atoms with Gasteiger partial charge in [0.25, 0.3) is 0 Å². The van der Waals surface area contributed by atoms with Gasteiger partial charge in [0, 0.05) is 0 Å². The molecule has 72 valence electrons. The van der Waals surface area contributed by atoms with Gasteiger partial charge in [-0.3, -0.25) is 0 Å². The van der Waals surface area contributed by atoms with Crippen LogP contribution in [0.1, 0.15) is 39.5 Å². The van der Waals surface area contributed by atoms with Gasteiger partial charge in [-0.2, -0.15) is 13.2 Å². The highest BCUT2D eigenvalue weighted by molar-refractivity contribution is 4.82. The van der Waals surface area contributed by atoms with Gasteiger partial charge in [-0.15, -0.1) is 0 Å². The fraction of sp³-hybridized carbons (Fsp3) is 1.00. The van der Waals surface area contributed by atoms with Crippen molar-refractivity contribution < 1.29 is 13.2 Å². The topological polar surface area (TPSA) is 0 Å². The normalized spacial score (nSPS) is 30.2. The number of hydrogen-bond donors (Lipinski definition) is 0. The van der Waals surface area contributed by atoms with Crippen molar-refractivity contribution in [3.63, 3.8) is 0 Å². The van der Waals surface area contributed by atoms with Crippen molar-refractivity contribution in [2.75, 3.05) is 0 Å². The van der Waals surface area contributed by atoms with E-state index in [4.69, 9.17) is 0 Å².